The van der Waals surface area contributed by atoms with Gasteiger partial charge in [0, 0.05) is 5.56 Å². The highest BCUT2D eigenvalue weighted by atomic mass is 16.5. The van der Waals surface area contributed by atoms with Gasteiger partial charge in [-0.2, -0.15) is 0 Å². The first-order valence-electron chi connectivity index (χ1n) is 8.66. The van der Waals surface area contributed by atoms with Crippen molar-refractivity contribution in [2.75, 3.05) is 6.61 Å². The fourth-order valence-corrected chi connectivity index (χ4v) is 3.03. The molecular formula is C22H25NO. The van der Waals surface area contributed by atoms with Gasteiger partial charge >= 0.3 is 0 Å². The van der Waals surface area contributed by atoms with E-state index in [1.54, 1.807) is 0 Å². The minimum atomic E-state index is -0.0905. The molecule has 2 aromatic carbocycles. The van der Waals surface area contributed by atoms with Gasteiger partial charge in [0.1, 0.15) is 5.75 Å². The Morgan fingerprint density at radius 3 is 2.62 bits per heavy atom. The summed E-state index contributed by atoms with van der Waals surface area (Å²) in [4.78, 5) is 4.95. The zero-order chi connectivity index (χ0) is 17.0. The number of hydrogen-bond acceptors (Lipinski definition) is 2. The predicted octanol–water partition coefficient (Wildman–Crippen LogP) is 5.31. The van der Waals surface area contributed by atoms with E-state index < -0.39 is 0 Å². The Kier molecular flexibility index (Phi) is 4.84. The van der Waals surface area contributed by atoms with Crippen LogP contribution >= 0.6 is 0 Å². The van der Waals surface area contributed by atoms with Gasteiger partial charge in [-0.05, 0) is 62.1 Å². The fraction of sp³-hybridized carbons (Fsp3) is 0.318. The van der Waals surface area contributed by atoms with E-state index in [1.807, 2.05) is 6.07 Å². The molecule has 0 aromatic heterocycles. The van der Waals surface area contributed by atoms with Crippen molar-refractivity contribution in [2.45, 2.75) is 39.2 Å². The minimum Gasteiger partial charge on any atom is -0.494 e. The minimum absolute atomic E-state index is 0.0905. The molecule has 3 rings (SSSR count). The SMILES string of the molecule is CCCOc1ccc2c(c1)CC(C)(C)N=C2/C=C/c1ccccc1. The second kappa shape index (κ2) is 7.04. The average Bonchev–Trinajstić information content (AvgIpc) is 2.57. The maximum absolute atomic E-state index is 5.80. The van der Waals surface area contributed by atoms with E-state index in [9.17, 15) is 0 Å². The molecule has 0 unspecified atom stereocenters. The highest BCUT2D eigenvalue weighted by Crippen LogP contribution is 2.30. The summed E-state index contributed by atoms with van der Waals surface area (Å²) in [5.74, 6) is 0.958. The van der Waals surface area contributed by atoms with Gasteiger partial charge < -0.3 is 4.74 Å². The Labute approximate surface area is 144 Å². The van der Waals surface area contributed by atoms with Crippen LogP contribution in [0.25, 0.3) is 6.08 Å². The lowest BCUT2D eigenvalue weighted by molar-refractivity contribution is 0.317. The van der Waals surface area contributed by atoms with Gasteiger partial charge in [0.2, 0.25) is 0 Å². The second-order valence-corrected chi connectivity index (χ2v) is 6.90. The van der Waals surface area contributed by atoms with Crippen molar-refractivity contribution in [3.8, 4) is 5.75 Å². The van der Waals surface area contributed by atoms with Crippen LogP contribution < -0.4 is 4.74 Å². The van der Waals surface area contributed by atoms with Crippen molar-refractivity contribution in [3.63, 3.8) is 0 Å². The number of benzene rings is 2. The molecular weight excluding hydrogens is 294 g/mol. The number of fused-ring (bicyclic) bond motifs is 1. The summed E-state index contributed by atoms with van der Waals surface area (Å²) in [6.07, 6.45) is 6.22. The van der Waals surface area contributed by atoms with Crippen LogP contribution in [0.3, 0.4) is 0 Å². The molecule has 0 saturated heterocycles. The first kappa shape index (κ1) is 16.5. The van der Waals surface area contributed by atoms with E-state index in [1.165, 1.54) is 16.7 Å². The number of hydrogen-bond donors (Lipinski definition) is 0. The molecule has 1 aliphatic heterocycles. The topological polar surface area (TPSA) is 21.6 Å². The quantitative estimate of drug-likeness (QED) is 0.731. The lowest BCUT2D eigenvalue weighted by Crippen LogP contribution is -2.28. The van der Waals surface area contributed by atoms with Crippen LogP contribution in [0.2, 0.25) is 0 Å². The molecule has 0 fully saturated rings. The van der Waals surface area contributed by atoms with Gasteiger partial charge in [0.05, 0.1) is 17.9 Å². The largest absolute Gasteiger partial charge is 0.494 e. The fourth-order valence-electron chi connectivity index (χ4n) is 3.03. The summed E-state index contributed by atoms with van der Waals surface area (Å²) in [6, 6.07) is 16.7. The number of aliphatic imine (C=N–C) groups is 1. The summed E-state index contributed by atoms with van der Waals surface area (Å²) in [6.45, 7) is 7.26. The van der Waals surface area contributed by atoms with Gasteiger partial charge in [-0.25, -0.2) is 0 Å². The van der Waals surface area contributed by atoms with Crippen molar-refractivity contribution < 1.29 is 4.74 Å². The Balaban J connectivity index is 1.92. The maximum atomic E-state index is 5.80. The molecule has 0 bridgehead atoms. The van der Waals surface area contributed by atoms with Crippen LogP contribution in [0.15, 0.2) is 59.6 Å². The van der Waals surface area contributed by atoms with Crippen molar-refractivity contribution in [3.05, 3.63) is 71.3 Å². The molecule has 2 aromatic rings. The van der Waals surface area contributed by atoms with Crippen LogP contribution in [0, 0.1) is 0 Å². The normalized spacial score (nSPS) is 15.9. The molecule has 24 heavy (non-hydrogen) atoms. The van der Waals surface area contributed by atoms with Crippen molar-refractivity contribution in [1.82, 2.24) is 0 Å². The molecule has 0 spiro atoms. The van der Waals surface area contributed by atoms with Crippen LogP contribution in [-0.2, 0) is 6.42 Å². The third-order valence-electron chi connectivity index (χ3n) is 4.10. The van der Waals surface area contributed by atoms with E-state index in [4.69, 9.17) is 9.73 Å². The molecule has 0 atom stereocenters. The monoisotopic (exact) mass is 319 g/mol. The summed E-state index contributed by atoms with van der Waals surface area (Å²) in [7, 11) is 0. The summed E-state index contributed by atoms with van der Waals surface area (Å²) >= 11 is 0. The highest BCUT2D eigenvalue weighted by Gasteiger charge is 2.26. The van der Waals surface area contributed by atoms with Crippen LogP contribution in [0.4, 0.5) is 0 Å². The van der Waals surface area contributed by atoms with E-state index in [2.05, 4.69) is 75.4 Å². The van der Waals surface area contributed by atoms with Crippen molar-refractivity contribution in [2.24, 2.45) is 4.99 Å². The molecule has 0 saturated carbocycles. The van der Waals surface area contributed by atoms with Gasteiger partial charge in [-0.15, -0.1) is 0 Å². The third kappa shape index (κ3) is 3.94. The Morgan fingerprint density at radius 1 is 1.08 bits per heavy atom. The molecule has 0 radical (unpaired) electrons. The zero-order valence-corrected chi connectivity index (χ0v) is 14.8. The van der Waals surface area contributed by atoms with Gasteiger partial charge in [0.15, 0.2) is 0 Å². The second-order valence-electron chi connectivity index (χ2n) is 6.90. The third-order valence-corrected chi connectivity index (χ3v) is 4.10. The molecule has 2 nitrogen and oxygen atoms in total. The number of allylic oxidation sites excluding steroid dienone is 1. The number of ether oxygens (including phenoxy) is 1. The summed E-state index contributed by atoms with van der Waals surface area (Å²) < 4.78 is 5.80. The highest BCUT2D eigenvalue weighted by molar-refractivity contribution is 6.12. The van der Waals surface area contributed by atoms with Crippen LogP contribution in [0.5, 0.6) is 5.75 Å². The van der Waals surface area contributed by atoms with Gasteiger partial charge in [0.25, 0.3) is 0 Å². The molecule has 124 valence electrons. The Morgan fingerprint density at radius 2 is 1.88 bits per heavy atom. The Hall–Kier alpha value is -2.35. The first-order valence-corrected chi connectivity index (χ1v) is 8.66. The predicted molar refractivity (Wildman–Crippen MR) is 102 cm³/mol. The van der Waals surface area contributed by atoms with E-state index in [0.29, 0.717) is 0 Å². The lowest BCUT2D eigenvalue weighted by atomic mass is 9.86. The van der Waals surface area contributed by atoms with Crippen LogP contribution in [-0.4, -0.2) is 17.9 Å². The molecule has 0 amide bonds. The first-order chi connectivity index (χ1) is 11.6. The Bertz CT molecular complexity index is 757. The molecule has 0 aliphatic carbocycles. The van der Waals surface area contributed by atoms with Crippen molar-refractivity contribution >= 4 is 11.8 Å². The van der Waals surface area contributed by atoms with E-state index >= 15 is 0 Å². The standard InChI is InChI=1S/C22H25NO/c1-4-14-24-19-11-12-20-18(15-19)16-22(2,3)23-21(20)13-10-17-8-6-5-7-9-17/h5-13,15H,4,14,16H2,1-3H3/b13-10+. The average molecular weight is 319 g/mol. The van der Waals surface area contributed by atoms with E-state index in [-0.39, 0.29) is 5.54 Å². The molecule has 1 heterocycles. The maximum Gasteiger partial charge on any atom is 0.119 e. The van der Waals surface area contributed by atoms with E-state index in [0.717, 1.165) is 30.9 Å². The molecule has 1 aliphatic rings. The zero-order valence-electron chi connectivity index (χ0n) is 14.8. The van der Waals surface area contributed by atoms with Gasteiger partial charge in [-0.3, -0.25) is 4.99 Å². The van der Waals surface area contributed by atoms with Crippen molar-refractivity contribution in [1.29, 1.82) is 0 Å². The molecule has 2 heteroatoms. The summed E-state index contributed by atoms with van der Waals surface area (Å²) in [5.41, 5.74) is 4.68. The number of nitrogens with zero attached hydrogens (tertiary/aromatic N) is 1. The summed E-state index contributed by atoms with van der Waals surface area (Å²) in [5, 5.41) is 0. The molecule has 0 N–H and O–H groups in total. The van der Waals surface area contributed by atoms with Gasteiger partial charge in [-0.1, -0.05) is 43.3 Å². The number of rotatable bonds is 5. The smallest absolute Gasteiger partial charge is 0.119 e. The van der Waals surface area contributed by atoms with Crippen LogP contribution in [0.1, 0.15) is 43.9 Å². The lowest BCUT2D eigenvalue weighted by Gasteiger charge is -2.28.